The summed E-state index contributed by atoms with van der Waals surface area (Å²) in [5.41, 5.74) is 5.67. The molecule has 4 aromatic rings. The van der Waals surface area contributed by atoms with Crippen molar-refractivity contribution in [2.75, 3.05) is 5.32 Å². The van der Waals surface area contributed by atoms with Crippen molar-refractivity contribution >= 4 is 40.0 Å². The summed E-state index contributed by atoms with van der Waals surface area (Å²) in [6.45, 7) is 5.83. The molecule has 3 aromatic carbocycles. The predicted octanol–water partition coefficient (Wildman–Crippen LogP) is 6.23. The van der Waals surface area contributed by atoms with E-state index in [2.05, 4.69) is 10.3 Å². The van der Waals surface area contributed by atoms with Gasteiger partial charge in [-0.15, -0.1) is 0 Å². The van der Waals surface area contributed by atoms with Crippen molar-refractivity contribution in [3.8, 4) is 11.5 Å². The Morgan fingerprint density at radius 1 is 1.06 bits per heavy atom. The van der Waals surface area contributed by atoms with Crippen LogP contribution in [0.15, 0.2) is 52.9 Å². The summed E-state index contributed by atoms with van der Waals surface area (Å²) in [6, 6.07) is 13.2. The van der Waals surface area contributed by atoms with Crippen LogP contribution in [0.1, 0.15) is 27.0 Å². The van der Waals surface area contributed by atoms with Crippen LogP contribution in [0, 0.1) is 30.9 Å². The average molecular weight is 436 g/mol. The number of nitrogens with zero attached hydrogens (tertiary/aromatic N) is 2. The SMILES string of the molecule is Cc1cc(C)c2oc(-c3ccc(C)c(NC(=O)c4ccc([N+](=O)[O-])cc4Cl)c3)nc2c1. The highest BCUT2D eigenvalue weighted by atomic mass is 35.5. The molecule has 0 atom stereocenters. The van der Waals surface area contributed by atoms with Gasteiger partial charge in [-0.25, -0.2) is 4.98 Å². The van der Waals surface area contributed by atoms with Gasteiger partial charge in [0.15, 0.2) is 5.58 Å². The zero-order valence-electron chi connectivity index (χ0n) is 17.0. The van der Waals surface area contributed by atoms with E-state index in [0.717, 1.165) is 33.9 Å². The smallest absolute Gasteiger partial charge is 0.270 e. The first-order valence-electron chi connectivity index (χ1n) is 9.47. The van der Waals surface area contributed by atoms with Crippen molar-refractivity contribution in [2.45, 2.75) is 20.8 Å². The minimum atomic E-state index is -0.565. The van der Waals surface area contributed by atoms with E-state index in [1.54, 1.807) is 6.07 Å². The van der Waals surface area contributed by atoms with E-state index in [1.165, 1.54) is 12.1 Å². The van der Waals surface area contributed by atoms with Crippen molar-refractivity contribution in [3.05, 3.63) is 85.9 Å². The van der Waals surface area contributed by atoms with E-state index in [4.69, 9.17) is 16.0 Å². The van der Waals surface area contributed by atoms with E-state index in [1.807, 2.05) is 45.0 Å². The van der Waals surface area contributed by atoms with Gasteiger partial charge in [0.05, 0.1) is 15.5 Å². The summed E-state index contributed by atoms with van der Waals surface area (Å²) in [6.07, 6.45) is 0. The van der Waals surface area contributed by atoms with Gasteiger partial charge in [-0.05, 0) is 61.7 Å². The number of aryl methyl sites for hydroxylation is 3. The highest BCUT2D eigenvalue weighted by Crippen LogP contribution is 2.31. The Balaban J connectivity index is 1.67. The zero-order chi connectivity index (χ0) is 22.3. The summed E-state index contributed by atoms with van der Waals surface area (Å²) in [5, 5.41) is 13.7. The Labute approximate surface area is 182 Å². The molecule has 8 heteroatoms. The Morgan fingerprint density at radius 3 is 2.55 bits per heavy atom. The van der Waals surface area contributed by atoms with Crippen LogP contribution in [0.5, 0.6) is 0 Å². The monoisotopic (exact) mass is 435 g/mol. The number of nitrogens with one attached hydrogen (secondary N) is 1. The maximum atomic E-state index is 12.7. The molecule has 7 nitrogen and oxygen atoms in total. The minimum absolute atomic E-state index is 0.00491. The lowest BCUT2D eigenvalue weighted by molar-refractivity contribution is -0.384. The fourth-order valence-electron chi connectivity index (χ4n) is 3.38. The minimum Gasteiger partial charge on any atom is -0.436 e. The van der Waals surface area contributed by atoms with Gasteiger partial charge in [0.1, 0.15) is 5.52 Å². The molecule has 1 amide bonds. The van der Waals surface area contributed by atoms with Gasteiger partial charge in [-0.2, -0.15) is 0 Å². The molecule has 0 bridgehead atoms. The van der Waals surface area contributed by atoms with Crippen LogP contribution in [0.4, 0.5) is 11.4 Å². The van der Waals surface area contributed by atoms with E-state index >= 15 is 0 Å². The van der Waals surface area contributed by atoms with Crippen LogP contribution in [-0.4, -0.2) is 15.8 Å². The van der Waals surface area contributed by atoms with Gasteiger partial charge in [0.25, 0.3) is 11.6 Å². The lowest BCUT2D eigenvalue weighted by Crippen LogP contribution is -2.13. The number of benzene rings is 3. The number of halogens is 1. The van der Waals surface area contributed by atoms with Crippen molar-refractivity contribution in [3.63, 3.8) is 0 Å². The number of oxazole rings is 1. The summed E-state index contributed by atoms with van der Waals surface area (Å²) in [5.74, 6) is -0.0169. The summed E-state index contributed by atoms with van der Waals surface area (Å²) < 4.78 is 5.97. The first kappa shape index (κ1) is 20.6. The third-order valence-electron chi connectivity index (χ3n) is 4.96. The first-order chi connectivity index (χ1) is 14.7. The Bertz CT molecular complexity index is 1360. The molecule has 0 aliphatic rings. The molecule has 0 fully saturated rings. The van der Waals surface area contributed by atoms with Crippen LogP contribution in [0.2, 0.25) is 5.02 Å². The molecule has 0 saturated carbocycles. The number of rotatable bonds is 4. The first-order valence-corrected chi connectivity index (χ1v) is 9.85. The van der Waals surface area contributed by atoms with Crippen molar-refractivity contribution in [2.24, 2.45) is 0 Å². The fraction of sp³-hybridized carbons (Fsp3) is 0.130. The zero-order valence-corrected chi connectivity index (χ0v) is 17.8. The lowest BCUT2D eigenvalue weighted by atomic mass is 10.1. The highest BCUT2D eigenvalue weighted by Gasteiger charge is 2.17. The van der Waals surface area contributed by atoms with Gasteiger partial charge in [0.2, 0.25) is 5.89 Å². The fourth-order valence-corrected chi connectivity index (χ4v) is 3.64. The standard InChI is InChI=1S/C23H18ClN3O4/c1-12-8-14(3)21-20(9-12)26-23(31-21)15-5-4-13(2)19(10-15)25-22(28)17-7-6-16(27(29)30)11-18(17)24/h4-11H,1-3H3,(H,25,28). The molecule has 0 radical (unpaired) electrons. The van der Waals surface area contributed by atoms with Crippen LogP contribution < -0.4 is 5.32 Å². The molecular weight excluding hydrogens is 418 g/mol. The summed E-state index contributed by atoms with van der Waals surface area (Å²) in [4.78, 5) is 27.6. The number of carbonyl (C=O) groups is 1. The van der Waals surface area contributed by atoms with Crippen LogP contribution in [0.25, 0.3) is 22.6 Å². The molecule has 156 valence electrons. The number of anilines is 1. The number of hydrogen-bond donors (Lipinski definition) is 1. The summed E-state index contributed by atoms with van der Waals surface area (Å²) in [7, 11) is 0. The second kappa shape index (κ2) is 7.85. The number of non-ortho nitro benzene ring substituents is 1. The second-order valence-corrected chi connectivity index (χ2v) is 7.76. The van der Waals surface area contributed by atoms with Crippen molar-refractivity contribution in [1.29, 1.82) is 0 Å². The van der Waals surface area contributed by atoms with E-state index in [-0.39, 0.29) is 16.3 Å². The largest absolute Gasteiger partial charge is 0.436 e. The molecule has 0 spiro atoms. The number of carbonyl (C=O) groups excluding carboxylic acids is 1. The number of amides is 1. The normalized spacial score (nSPS) is 11.0. The third kappa shape index (κ3) is 4.00. The maximum absolute atomic E-state index is 12.7. The topological polar surface area (TPSA) is 98.3 Å². The van der Waals surface area contributed by atoms with E-state index in [9.17, 15) is 14.9 Å². The molecule has 1 N–H and O–H groups in total. The average Bonchev–Trinajstić information content (AvgIpc) is 3.13. The van der Waals surface area contributed by atoms with Crippen LogP contribution in [0.3, 0.4) is 0 Å². The van der Waals surface area contributed by atoms with Gasteiger partial charge >= 0.3 is 0 Å². The van der Waals surface area contributed by atoms with E-state index < -0.39 is 10.8 Å². The molecule has 0 saturated heterocycles. The predicted molar refractivity (Wildman–Crippen MR) is 120 cm³/mol. The van der Waals surface area contributed by atoms with Gasteiger partial charge < -0.3 is 9.73 Å². The van der Waals surface area contributed by atoms with Crippen molar-refractivity contribution < 1.29 is 14.1 Å². The molecule has 1 aromatic heterocycles. The van der Waals surface area contributed by atoms with Crippen LogP contribution in [-0.2, 0) is 0 Å². The maximum Gasteiger partial charge on any atom is 0.270 e. The molecule has 0 aliphatic carbocycles. The summed E-state index contributed by atoms with van der Waals surface area (Å²) >= 11 is 6.08. The highest BCUT2D eigenvalue weighted by molar-refractivity contribution is 6.34. The van der Waals surface area contributed by atoms with Gasteiger partial charge in [0, 0.05) is 23.4 Å². The van der Waals surface area contributed by atoms with Crippen molar-refractivity contribution in [1.82, 2.24) is 4.98 Å². The quantitative estimate of drug-likeness (QED) is 0.302. The Morgan fingerprint density at radius 2 is 1.84 bits per heavy atom. The number of hydrogen-bond acceptors (Lipinski definition) is 5. The second-order valence-electron chi connectivity index (χ2n) is 7.35. The Hall–Kier alpha value is -3.71. The lowest BCUT2D eigenvalue weighted by Gasteiger charge is -2.10. The Kier molecular flexibility index (Phi) is 5.20. The molecule has 0 aliphatic heterocycles. The number of nitro benzene ring substituents is 1. The van der Waals surface area contributed by atoms with Crippen LogP contribution >= 0.6 is 11.6 Å². The number of aromatic nitrogens is 1. The molecule has 1 heterocycles. The number of fused-ring (bicyclic) bond motifs is 1. The van der Waals surface area contributed by atoms with E-state index in [0.29, 0.717) is 17.1 Å². The van der Waals surface area contributed by atoms with Gasteiger partial charge in [-0.1, -0.05) is 23.7 Å². The molecule has 0 unspecified atom stereocenters. The third-order valence-corrected chi connectivity index (χ3v) is 5.27. The van der Waals surface area contributed by atoms with Gasteiger partial charge in [-0.3, -0.25) is 14.9 Å². The molecule has 31 heavy (non-hydrogen) atoms. The number of nitro groups is 1. The molecular formula is C23H18ClN3O4. The molecule has 4 rings (SSSR count).